The standard InChI is InChI=1S/C15H21N3OS/c16-14(20)15(9-5-2-1-3-6-10-15)18-13(19)12-8-4-7-11-17-12/h4,7-8,11H,1-3,5-6,9-10H2,(H2,16,20)(H,18,19). The molecule has 1 aromatic heterocycles. The van der Waals surface area contributed by atoms with Crippen molar-refractivity contribution in [3.05, 3.63) is 30.1 Å². The molecule has 3 N–H and O–H groups in total. The summed E-state index contributed by atoms with van der Waals surface area (Å²) in [6, 6.07) is 5.29. The molecule has 20 heavy (non-hydrogen) atoms. The molecule has 1 aliphatic carbocycles. The van der Waals surface area contributed by atoms with E-state index in [1.807, 2.05) is 0 Å². The second-order valence-corrected chi connectivity index (χ2v) is 5.82. The highest BCUT2D eigenvalue weighted by molar-refractivity contribution is 7.80. The number of thiocarbonyl (C=S) groups is 1. The van der Waals surface area contributed by atoms with E-state index >= 15 is 0 Å². The van der Waals surface area contributed by atoms with Gasteiger partial charge in [0, 0.05) is 6.20 Å². The van der Waals surface area contributed by atoms with Crippen molar-refractivity contribution < 1.29 is 4.79 Å². The smallest absolute Gasteiger partial charge is 0.270 e. The van der Waals surface area contributed by atoms with Gasteiger partial charge in [-0.1, -0.05) is 50.4 Å². The molecular formula is C15H21N3OS. The quantitative estimate of drug-likeness (QED) is 0.840. The Morgan fingerprint density at radius 1 is 1.20 bits per heavy atom. The van der Waals surface area contributed by atoms with Crippen LogP contribution in [0.5, 0.6) is 0 Å². The minimum atomic E-state index is -0.551. The number of amides is 1. The van der Waals surface area contributed by atoms with Crippen LogP contribution in [-0.2, 0) is 0 Å². The van der Waals surface area contributed by atoms with Crippen molar-refractivity contribution in [1.29, 1.82) is 0 Å². The zero-order valence-corrected chi connectivity index (χ0v) is 12.4. The van der Waals surface area contributed by atoms with Crippen molar-refractivity contribution in [2.24, 2.45) is 5.73 Å². The summed E-state index contributed by atoms with van der Waals surface area (Å²) in [7, 11) is 0. The van der Waals surface area contributed by atoms with Gasteiger partial charge in [-0.3, -0.25) is 9.78 Å². The second kappa shape index (κ2) is 6.79. The number of aromatic nitrogens is 1. The highest BCUT2D eigenvalue weighted by Crippen LogP contribution is 2.27. The molecule has 0 spiro atoms. The summed E-state index contributed by atoms with van der Waals surface area (Å²) in [5.41, 5.74) is 5.80. The summed E-state index contributed by atoms with van der Waals surface area (Å²) in [6.07, 6.45) is 8.93. The monoisotopic (exact) mass is 291 g/mol. The molecule has 2 rings (SSSR count). The average Bonchev–Trinajstić information content (AvgIpc) is 2.42. The van der Waals surface area contributed by atoms with E-state index in [-0.39, 0.29) is 5.91 Å². The van der Waals surface area contributed by atoms with Crippen LogP contribution in [0, 0.1) is 0 Å². The highest BCUT2D eigenvalue weighted by atomic mass is 32.1. The Kier molecular flexibility index (Phi) is 5.06. The lowest BCUT2D eigenvalue weighted by Crippen LogP contribution is -2.57. The third-order valence-corrected chi connectivity index (χ3v) is 4.32. The van der Waals surface area contributed by atoms with Crippen LogP contribution in [0.1, 0.15) is 55.4 Å². The first-order chi connectivity index (χ1) is 9.64. The van der Waals surface area contributed by atoms with E-state index < -0.39 is 5.54 Å². The molecule has 0 saturated heterocycles. The molecule has 0 radical (unpaired) electrons. The Labute approximate surface area is 125 Å². The van der Waals surface area contributed by atoms with Gasteiger partial charge in [0.1, 0.15) is 5.69 Å². The van der Waals surface area contributed by atoms with Gasteiger partial charge in [-0.05, 0) is 25.0 Å². The zero-order chi connectivity index (χ0) is 14.4. The first-order valence-corrected chi connectivity index (χ1v) is 7.58. The van der Waals surface area contributed by atoms with Crippen molar-refractivity contribution in [3.8, 4) is 0 Å². The lowest BCUT2D eigenvalue weighted by atomic mass is 9.83. The number of hydrogen-bond donors (Lipinski definition) is 2. The number of nitrogens with zero attached hydrogens (tertiary/aromatic N) is 1. The lowest BCUT2D eigenvalue weighted by molar-refractivity contribution is 0.0907. The van der Waals surface area contributed by atoms with Crippen LogP contribution in [0.15, 0.2) is 24.4 Å². The van der Waals surface area contributed by atoms with Crippen LogP contribution >= 0.6 is 12.2 Å². The minimum absolute atomic E-state index is 0.195. The van der Waals surface area contributed by atoms with Crippen LogP contribution < -0.4 is 11.1 Å². The number of carbonyl (C=O) groups excluding carboxylic acids is 1. The van der Waals surface area contributed by atoms with Crippen LogP contribution in [0.2, 0.25) is 0 Å². The van der Waals surface area contributed by atoms with Crippen molar-refractivity contribution in [3.63, 3.8) is 0 Å². The van der Waals surface area contributed by atoms with Gasteiger partial charge in [0.15, 0.2) is 0 Å². The largest absolute Gasteiger partial charge is 0.391 e. The molecule has 1 amide bonds. The minimum Gasteiger partial charge on any atom is -0.391 e. The molecule has 0 bridgehead atoms. The van der Waals surface area contributed by atoms with Crippen LogP contribution in [0.4, 0.5) is 0 Å². The molecule has 0 atom stereocenters. The second-order valence-electron chi connectivity index (χ2n) is 5.38. The van der Waals surface area contributed by atoms with Gasteiger partial charge in [0.05, 0.1) is 10.5 Å². The van der Waals surface area contributed by atoms with E-state index in [2.05, 4.69) is 10.3 Å². The number of rotatable bonds is 3. The molecule has 0 aliphatic heterocycles. The molecule has 1 fully saturated rings. The Morgan fingerprint density at radius 2 is 1.85 bits per heavy atom. The number of carbonyl (C=O) groups is 1. The molecule has 0 aromatic carbocycles. The molecule has 1 heterocycles. The van der Waals surface area contributed by atoms with Crippen molar-refractivity contribution in [2.75, 3.05) is 0 Å². The fraction of sp³-hybridized carbons (Fsp3) is 0.533. The molecule has 1 saturated carbocycles. The Bertz CT molecular complexity index is 467. The summed E-state index contributed by atoms with van der Waals surface area (Å²) in [6.45, 7) is 0. The van der Waals surface area contributed by atoms with Crippen LogP contribution in [0.25, 0.3) is 0 Å². The molecule has 4 nitrogen and oxygen atoms in total. The Hall–Kier alpha value is -1.49. The fourth-order valence-electron chi connectivity index (χ4n) is 2.72. The Balaban J connectivity index is 2.15. The SMILES string of the molecule is NC(=S)C1(NC(=O)c2ccccn2)CCCCCCC1. The van der Waals surface area contributed by atoms with E-state index in [4.69, 9.17) is 18.0 Å². The van der Waals surface area contributed by atoms with Crippen molar-refractivity contribution in [1.82, 2.24) is 10.3 Å². The van der Waals surface area contributed by atoms with Gasteiger partial charge < -0.3 is 11.1 Å². The summed E-state index contributed by atoms with van der Waals surface area (Å²) in [4.78, 5) is 16.8. The molecule has 1 aliphatic rings. The fourth-order valence-corrected chi connectivity index (χ4v) is 2.98. The first kappa shape index (κ1) is 14.9. The van der Waals surface area contributed by atoms with Crippen LogP contribution in [0.3, 0.4) is 0 Å². The number of pyridine rings is 1. The van der Waals surface area contributed by atoms with Gasteiger partial charge >= 0.3 is 0 Å². The van der Waals surface area contributed by atoms with E-state index in [1.54, 1.807) is 24.4 Å². The number of nitrogens with one attached hydrogen (secondary N) is 1. The molecule has 0 unspecified atom stereocenters. The maximum atomic E-state index is 12.3. The van der Waals surface area contributed by atoms with E-state index in [0.717, 1.165) is 25.7 Å². The Morgan fingerprint density at radius 3 is 2.40 bits per heavy atom. The molecule has 1 aromatic rings. The van der Waals surface area contributed by atoms with Gasteiger partial charge in [0.2, 0.25) is 0 Å². The number of nitrogens with two attached hydrogens (primary N) is 1. The van der Waals surface area contributed by atoms with E-state index in [1.165, 1.54) is 19.3 Å². The highest BCUT2D eigenvalue weighted by Gasteiger charge is 2.35. The summed E-state index contributed by atoms with van der Waals surface area (Å²) < 4.78 is 0. The summed E-state index contributed by atoms with van der Waals surface area (Å²) in [5, 5.41) is 3.05. The summed E-state index contributed by atoms with van der Waals surface area (Å²) in [5.74, 6) is -0.195. The zero-order valence-electron chi connectivity index (χ0n) is 11.6. The number of hydrogen-bond acceptors (Lipinski definition) is 3. The van der Waals surface area contributed by atoms with Gasteiger partial charge in [-0.2, -0.15) is 0 Å². The lowest BCUT2D eigenvalue weighted by Gasteiger charge is -2.35. The molecule has 5 heteroatoms. The van der Waals surface area contributed by atoms with E-state index in [0.29, 0.717) is 10.7 Å². The average molecular weight is 291 g/mol. The van der Waals surface area contributed by atoms with Gasteiger partial charge in [-0.15, -0.1) is 0 Å². The first-order valence-electron chi connectivity index (χ1n) is 7.17. The summed E-state index contributed by atoms with van der Waals surface area (Å²) >= 11 is 5.24. The predicted octanol–water partition coefficient (Wildman–Crippen LogP) is 2.58. The van der Waals surface area contributed by atoms with E-state index in [9.17, 15) is 4.79 Å². The van der Waals surface area contributed by atoms with Crippen LogP contribution in [-0.4, -0.2) is 21.4 Å². The van der Waals surface area contributed by atoms with Crippen molar-refractivity contribution in [2.45, 2.75) is 50.5 Å². The topological polar surface area (TPSA) is 68.0 Å². The normalized spacial score (nSPS) is 18.6. The maximum Gasteiger partial charge on any atom is 0.270 e. The molecular weight excluding hydrogens is 270 g/mol. The predicted molar refractivity (Wildman–Crippen MR) is 83.5 cm³/mol. The molecule has 108 valence electrons. The van der Waals surface area contributed by atoms with Crippen molar-refractivity contribution >= 4 is 23.1 Å². The third kappa shape index (κ3) is 3.54. The van der Waals surface area contributed by atoms with Gasteiger partial charge in [0.25, 0.3) is 5.91 Å². The maximum absolute atomic E-state index is 12.3. The van der Waals surface area contributed by atoms with Gasteiger partial charge in [-0.25, -0.2) is 0 Å². The third-order valence-electron chi connectivity index (χ3n) is 3.93.